The summed E-state index contributed by atoms with van der Waals surface area (Å²) in [6.07, 6.45) is 5.13. The van der Waals surface area contributed by atoms with Crippen molar-refractivity contribution in [3.05, 3.63) is 66.2 Å². The summed E-state index contributed by atoms with van der Waals surface area (Å²) in [5.41, 5.74) is 1.94. The van der Waals surface area contributed by atoms with E-state index in [1.54, 1.807) is 37.5 Å². The number of carbonyl (C=O) groups is 1. The van der Waals surface area contributed by atoms with E-state index in [4.69, 9.17) is 9.97 Å². The molecule has 1 fully saturated rings. The highest BCUT2D eigenvalue weighted by Crippen LogP contribution is 2.32. The van der Waals surface area contributed by atoms with Gasteiger partial charge in [-0.1, -0.05) is 12.1 Å². The molecule has 2 atom stereocenters. The summed E-state index contributed by atoms with van der Waals surface area (Å²) in [4.78, 5) is 27.7. The zero-order valence-electron chi connectivity index (χ0n) is 18.9. The number of alkyl halides is 2. The average Bonchev–Trinajstić information content (AvgIpc) is 2.79. The Labute approximate surface area is 192 Å². The highest BCUT2D eigenvalue weighted by atomic mass is 19.3. The zero-order chi connectivity index (χ0) is 23.6. The molecule has 8 heteroatoms. The third-order valence-electron chi connectivity index (χ3n) is 5.99. The second-order valence-electron chi connectivity index (χ2n) is 8.63. The number of aromatic nitrogens is 3. The predicted octanol–water partition coefficient (Wildman–Crippen LogP) is 5.51. The first-order valence-corrected chi connectivity index (χ1v) is 11.0. The predicted molar refractivity (Wildman–Crippen MR) is 123 cm³/mol. The van der Waals surface area contributed by atoms with Gasteiger partial charge in [-0.2, -0.15) is 0 Å². The molecule has 1 N–H and O–H groups in total. The molecule has 172 valence electrons. The standard InChI is InChI=1S/C25H27F2N5O/c1-16-9-10-19(15-32(16)17(2)33)24-30-22(18-6-5-11-28-14-18)13-23(31-24)29-21-8-4-7-20(12-21)25(3,26)27/h4-8,11-14,16,19H,9-10,15H2,1-3H3,(H,29,30,31)/t16-,19+/m0/s1. The maximum Gasteiger partial charge on any atom is 0.270 e. The smallest absolute Gasteiger partial charge is 0.270 e. The molecule has 1 aliphatic heterocycles. The van der Waals surface area contributed by atoms with E-state index in [2.05, 4.69) is 10.3 Å². The molecule has 33 heavy (non-hydrogen) atoms. The van der Waals surface area contributed by atoms with E-state index in [-0.39, 0.29) is 23.4 Å². The Morgan fingerprint density at radius 3 is 2.67 bits per heavy atom. The van der Waals surface area contributed by atoms with Gasteiger partial charge in [0, 0.05) is 67.6 Å². The summed E-state index contributed by atoms with van der Waals surface area (Å²) >= 11 is 0. The van der Waals surface area contributed by atoms with Gasteiger partial charge in [-0.25, -0.2) is 18.7 Å². The molecule has 1 aromatic carbocycles. The molecule has 0 unspecified atom stereocenters. The zero-order valence-corrected chi connectivity index (χ0v) is 18.9. The number of benzene rings is 1. The Morgan fingerprint density at radius 2 is 1.97 bits per heavy atom. The minimum absolute atomic E-state index is 0.0198. The number of rotatable bonds is 5. The van der Waals surface area contributed by atoms with Crippen LogP contribution in [0.1, 0.15) is 50.9 Å². The van der Waals surface area contributed by atoms with E-state index in [1.165, 1.54) is 12.1 Å². The van der Waals surface area contributed by atoms with Crippen LogP contribution in [0.25, 0.3) is 11.3 Å². The van der Waals surface area contributed by atoms with Gasteiger partial charge in [-0.15, -0.1) is 0 Å². The molecule has 0 radical (unpaired) electrons. The lowest BCUT2D eigenvalue weighted by Gasteiger charge is -2.37. The molecule has 0 bridgehead atoms. The number of likely N-dealkylation sites (tertiary alicyclic amines) is 1. The third-order valence-corrected chi connectivity index (χ3v) is 5.99. The molecular formula is C25H27F2N5O. The summed E-state index contributed by atoms with van der Waals surface area (Å²) < 4.78 is 27.6. The SMILES string of the molecule is CC(=O)N1C[C@H](c2nc(Nc3cccc(C(C)(F)F)c3)cc(-c3cccnc3)n2)CC[C@@H]1C. The van der Waals surface area contributed by atoms with Crippen LogP contribution in [0.15, 0.2) is 54.9 Å². The summed E-state index contributed by atoms with van der Waals surface area (Å²) in [5, 5.41) is 3.16. The lowest BCUT2D eigenvalue weighted by molar-refractivity contribution is -0.132. The van der Waals surface area contributed by atoms with Crippen LogP contribution in [0.2, 0.25) is 0 Å². The molecule has 1 amide bonds. The molecule has 0 aliphatic carbocycles. The number of halogens is 2. The van der Waals surface area contributed by atoms with Crippen molar-refractivity contribution in [2.24, 2.45) is 0 Å². The fourth-order valence-corrected chi connectivity index (χ4v) is 4.15. The quantitative estimate of drug-likeness (QED) is 0.554. The number of piperidine rings is 1. The largest absolute Gasteiger partial charge is 0.340 e. The number of hydrogen-bond donors (Lipinski definition) is 1. The maximum absolute atomic E-state index is 13.8. The Balaban J connectivity index is 1.71. The Morgan fingerprint density at radius 1 is 1.15 bits per heavy atom. The third kappa shape index (κ3) is 5.32. The first kappa shape index (κ1) is 22.8. The van der Waals surface area contributed by atoms with E-state index < -0.39 is 5.92 Å². The monoisotopic (exact) mass is 451 g/mol. The minimum atomic E-state index is -2.94. The first-order chi connectivity index (χ1) is 15.7. The van der Waals surface area contributed by atoms with E-state index in [0.29, 0.717) is 29.6 Å². The van der Waals surface area contributed by atoms with Gasteiger partial charge in [-0.05, 0) is 44.0 Å². The van der Waals surface area contributed by atoms with E-state index >= 15 is 0 Å². The van der Waals surface area contributed by atoms with Crippen molar-refractivity contribution in [3.8, 4) is 11.3 Å². The lowest BCUT2D eigenvalue weighted by atomic mass is 9.92. The van der Waals surface area contributed by atoms with Crippen molar-refractivity contribution in [1.82, 2.24) is 19.9 Å². The van der Waals surface area contributed by atoms with Crippen LogP contribution in [-0.2, 0) is 10.7 Å². The normalized spacial score (nSPS) is 18.8. The van der Waals surface area contributed by atoms with Gasteiger partial charge in [0.2, 0.25) is 5.91 Å². The number of nitrogens with one attached hydrogen (secondary N) is 1. The summed E-state index contributed by atoms with van der Waals surface area (Å²) in [6, 6.07) is 11.8. The van der Waals surface area contributed by atoms with Crippen molar-refractivity contribution in [3.63, 3.8) is 0 Å². The number of hydrogen-bond acceptors (Lipinski definition) is 5. The van der Waals surface area contributed by atoms with Crippen molar-refractivity contribution in [1.29, 1.82) is 0 Å². The summed E-state index contributed by atoms with van der Waals surface area (Å²) in [7, 11) is 0. The van der Waals surface area contributed by atoms with Gasteiger partial charge in [-0.3, -0.25) is 9.78 Å². The van der Waals surface area contributed by atoms with Crippen molar-refractivity contribution in [2.45, 2.75) is 51.5 Å². The fourth-order valence-electron chi connectivity index (χ4n) is 4.15. The number of anilines is 2. The number of nitrogens with zero attached hydrogens (tertiary/aromatic N) is 4. The Kier molecular flexibility index (Phi) is 6.35. The van der Waals surface area contributed by atoms with Gasteiger partial charge >= 0.3 is 0 Å². The van der Waals surface area contributed by atoms with Gasteiger partial charge < -0.3 is 10.2 Å². The topological polar surface area (TPSA) is 71.0 Å². The molecule has 1 saturated heterocycles. The molecular weight excluding hydrogens is 424 g/mol. The van der Waals surface area contributed by atoms with Crippen molar-refractivity contribution in [2.75, 3.05) is 11.9 Å². The molecule has 1 aliphatic rings. The van der Waals surface area contributed by atoms with Crippen LogP contribution in [0.3, 0.4) is 0 Å². The highest BCUT2D eigenvalue weighted by Gasteiger charge is 2.30. The van der Waals surface area contributed by atoms with E-state index in [1.807, 2.05) is 24.0 Å². The fraction of sp³-hybridized carbons (Fsp3) is 0.360. The Bertz CT molecular complexity index is 1130. The van der Waals surface area contributed by atoms with Gasteiger partial charge in [0.1, 0.15) is 11.6 Å². The van der Waals surface area contributed by atoms with Crippen LogP contribution in [0, 0.1) is 0 Å². The Hall–Kier alpha value is -3.42. The van der Waals surface area contributed by atoms with Crippen molar-refractivity contribution < 1.29 is 13.6 Å². The molecule has 0 spiro atoms. The highest BCUT2D eigenvalue weighted by molar-refractivity contribution is 5.74. The van der Waals surface area contributed by atoms with Crippen LogP contribution < -0.4 is 5.32 Å². The lowest BCUT2D eigenvalue weighted by Crippen LogP contribution is -2.44. The second-order valence-corrected chi connectivity index (χ2v) is 8.63. The van der Waals surface area contributed by atoms with E-state index in [0.717, 1.165) is 25.3 Å². The number of pyridine rings is 1. The summed E-state index contributed by atoms with van der Waals surface area (Å²) in [6.45, 7) is 5.05. The van der Waals surface area contributed by atoms with Gasteiger partial charge in [0.15, 0.2) is 0 Å². The average molecular weight is 452 g/mol. The van der Waals surface area contributed by atoms with Crippen LogP contribution in [0.4, 0.5) is 20.3 Å². The molecule has 0 saturated carbocycles. The second kappa shape index (κ2) is 9.21. The van der Waals surface area contributed by atoms with Gasteiger partial charge in [0.25, 0.3) is 5.92 Å². The molecule has 3 aromatic rings. The number of amides is 1. The van der Waals surface area contributed by atoms with E-state index in [9.17, 15) is 13.6 Å². The van der Waals surface area contributed by atoms with Crippen LogP contribution in [0.5, 0.6) is 0 Å². The van der Waals surface area contributed by atoms with Gasteiger partial charge in [0.05, 0.1) is 5.69 Å². The molecule has 2 aromatic heterocycles. The first-order valence-electron chi connectivity index (χ1n) is 11.0. The maximum atomic E-state index is 13.8. The van der Waals surface area contributed by atoms with Crippen LogP contribution in [-0.4, -0.2) is 38.3 Å². The molecule has 3 heterocycles. The molecule has 4 rings (SSSR count). The van der Waals surface area contributed by atoms with Crippen LogP contribution >= 0.6 is 0 Å². The minimum Gasteiger partial charge on any atom is -0.340 e. The number of carbonyl (C=O) groups excluding carboxylic acids is 1. The molecule has 6 nitrogen and oxygen atoms in total. The summed E-state index contributed by atoms with van der Waals surface area (Å²) in [5.74, 6) is -1.80. The van der Waals surface area contributed by atoms with Crippen molar-refractivity contribution >= 4 is 17.4 Å².